The molecule has 1 aromatic rings. The van der Waals surface area contributed by atoms with Crippen molar-refractivity contribution in [2.24, 2.45) is 0 Å². The summed E-state index contributed by atoms with van der Waals surface area (Å²) in [5.41, 5.74) is 0.389. The van der Waals surface area contributed by atoms with Gasteiger partial charge >= 0.3 is 0 Å². The molecule has 2 heterocycles. The Hall–Kier alpha value is -1.64. The average molecular weight is 233 g/mol. The van der Waals surface area contributed by atoms with Crippen molar-refractivity contribution in [3.8, 4) is 6.07 Å². The van der Waals surface area contributed by atoms with Gasteiger partial charge in [-0.2, -0.15) is 5.26 Å². The molecule has 0 radical (unpaired) electrons. The minimum atomic E-state index is 0.0152. The quantitative estimate of drug-likeness (QED) is 0.825. The molecule has 0 saturated carbocycles. The Morgan fingerprint density at radius 1 is 1.65 bits per heavy atom. The van der Waals surface area contributed by atoms with Crippen LogP contribution in [0.4, 0.5) is 5.82 Å². The summed E-state index contributed by atoms with van der Waals surface area (Å²) in [6.45, 7) is 0.766. The number of aliphatic hydroxyl groups is 1. The van der Waals surface area contributed by atoms with E-state index >= 15 is 0 Å². The van der Waals surface area contributed by atoms with Gasteiger partial charge in [-0.25, -0.2) is 4.98 Å². The lowest BCUT2D eigenvalue weighted by Crippen LogP contribution is -2.33. The number of nitrogens with zero attached hydrogens (tertiary/aromatic N) is 3. The van der Waals surface area contributed by atoms with Gasteiger partial charge in [0, 0.05) is 13.7 Å². The van der Waals surface area contributed by atoms with Crippen molar-refractivity contribution in [1.29, 1.82) is 5.26 Å². The summed E-state index contributed by atoms with van der Waals surface area (Å²) in [6, 6.07) is 7.35. The highest BCUT2D eigenvalue weighted by atomic mass is 16.5. The van der Waals surface area contributed by atoms with Crippen LogP contribution in [-0.4, -0.2) is 42.5 Å². The monoisotopic (exact) mass is 233 g/mol. The van der Waals surface area contributed by atoms with Crippen molar-refractivity contribution in [3.05, 3.63) is 23.9 Å². The zero-order valence-electron chi connectivity index (χ0n) is 9.71. The fraction of sp³-hybridized carbons (Fsp3) is 0.500. The summed E-state index contributed by atoms with van der Waals surface area (Å²) < 4.78 is 5.31. The Morgan fingerprint density at radius 3 is 3.12 bits per heavy atom. The predicted octanol–water partition coefficient (Wildman–Crippen LogP) is 0.539. The van der Waals surface area contributed by atoms with Gasteiger partial charge in [0.05, 0.1) is 18.8 Å². The standard InChI is InChI=1S/C12H15N3O2/c1-17-11-5-10(8-16)15(7-11)12-4-2-3-9(6-13)14-12/h2-4,10-11,16H,5,7-8H2,1H3/t10-,11+/m0/s1. The molecule has 2 atom stereocenters. The van der Waals surface area contributed by atoms with Crippen molar-refractivity contribution in [1.82, 2.24) is 4.98 Å². The van der Waals surface area contributed by atoms with E-state index in [1.807, 2.05) is 17.0 Å². The fourth-order valence-electron chi connectivity index (χ4n) is 2.14. The normalized spacial score (nSPS) is 23.7. The number of rotatable bonds is 3. The first-order chi connectivity index (χ1) is 8.28. The first-order valence-electron chi connectivity index (χ1n) is 5.56. The molecule has 0 aromatic carbocycles. The topological polar surface area (TPSA) is 69.4 Å². The van der Waals surface area contributed by atoms with Crippen LogP contribution in [0.5, 0.6) is 0 Å². The van der Waals surface area contributed by atoms with Crippen molar-refractivity contribution < 1.29 is 9.84 Å². The molecule has 17 heavy (non-hydrogen) atoms. The van der Waals surface area contributed by atoms with E-state index in [1.165, 1.54) is 0 Å². The largest absolute Gasteiger partial charge is 0.394 e. The van der Waals surface area contributed by atoms with E-state index in [0.717, 1.165) is 12.2 Å². The molecule has 1 fully saturated rings. The predicted molar refractivity (Wildman–Crippen MR) is 62.6 cm³/mol. The maximum atomic E-state index is 9.35. The van der Waals surface area contributed by atoms with Gasteiger partial charge in [-0.15, -0.1) is 0 Å². The lowest BCUT2D eigenvalue weighted by Gasteiger charge is -2.23. The van der Waals surface area contributed by atoms with Crippen molar-refractivity contribution in [2.75, 3.05) is 25.2 Å². The number of anilines is 1. The zero-order valence-corrected chi connectivity index (χ0v) is 9.71. The first-order valence-corrected chi connectivity index (χ1v) is 5.56. The van der Waals surface area contributed by atoms with E-state index in [0.29, 0.717) is 12.2 Å². The summed E-state index contributed by atoms with van der Waals surface area (Å²) in [6.07, 6.45) is 0.894. The molecule has 90 valence electrons. The van der Waals surface area contributed by atoms with E-state index < -0.39 is 0 Å². The van der Waals surface area contributed by atoms with E-state index in [2.05, 4.69) is 4.98 Å². The number of pyridine rings is 1. The highest BCUT2D eigenvalue weighted by Crippen LogP contribution is 2.25. The summed E-state index contributed by atoms with van der Waals surface area (Å²) >= 11 is 0. The van der Waals surface area contributed by atoms with E-state index in [1.54, 1.807) is 19.2 Å². The summed E-state index contributed by atoms with van der Waals surface area (Å²) in [7, 11) is 1.67. The summed E-state index contributed by atoms with van der Waals surface area (Å²) in [5.74, 6) is 0.725. The molecular formula is C12H15N3O2. The third-order valence-electron chi connectivity index (χ3n) is 3.06. The van der Waals surface area contributed by atoms with Crippen LogP contribution in [0.15, 0.2) is 18.2 Å². The van der Waals surface area contributed by atoms with E-state index in [-0.39, 0.29) is 18.8 Å². The molecule has 1 aliphatic heterocycles. The van der Waals surface area contributed by atoms with Crippen LogP contribution in [0.25, 0.3) is 0 Å². The van der Waals surface area contributed by atoms with Crippen LogP contribution in [-0.2, 0) is 4.74 Å². The van der Waals surface area contributed by atoms with Gasteiger partial charge in [-0.05, 0) is 18.6 Å². The van der Waals surface area contributed by atoms with Crippen LogP contribution >= 0.6 is 0 Å². The third-order valence-corrected chi connectivity index (χ3v) is 3.06. The van der Waals surface area contributed by atoms with Crippen LogP contribution in [0, 0.1) is 11.3 Å². The molecule has 1 N–H and O–H groups in total. The molecular weight excluding hydrogens is 218 g/mol. The van der Waals surface area contributed by atoms with Crippen molar-refractivity contribution in [2.45, 2.75) is 18.6 Å². The van der Waals surface area contributed by atoms with Gasteiger partial charge in [0.2, 0.25) is 0 Å². The molecule has 0 amide bonds. The second-order valence-corrected chi connectivity index (χ2v) is 4.08. The minimum Gasteiger partial charge on any atom is -0.394 e. The molecule has 5 heteroatoms. The number of aliphatic hydroxyl groups excluding tert-OH is 1. The summed E-state index contributed by atoms with van der Waals surface area (Å²) in [4.78, 5) is 6.23. The van der Waals surface area contributed by atoms with Crippen LogP contribution in [0.2, 0.25) is 0 Å². The Labute approximate surface area is 100 Å². The van der Waals surface area contributed by atoms with Gasteiger partial charge < -0.3 is 14.7 Å². The van der Waals surface area contributed by atoms with E-state index in [4.69, 9.17) is 10.00 Å². The smallest absolute Gasteiger partial charge is 0.142 e. The second kappa shape index (κ2) is 5.13. The first kappa shape index (κ1) is 11.8. The van der Waals surface area contributed by atoms with Gasteiger partial charge in [0.25, 0.3) is 0 Å². The molecule has 1 saturated heterocycles. The Kier molecular flexibility index (Phi) is 3.57. The third kappa shape index (κ3) is 2.38. The van der Waals surface area contributed by atoms with Crippen LogP contribution < -0.4 is 4.90 Å². The zero-order chi connectivity index (χ0) is 12.3. The highest BCUT2D eigenvalue weighted by molar-refractivity contribution is 5.44. The SMILES string of the molecule is CO[C@@H]1C[C@@H](CO)N(c2cccc(C#N)n2)C1. The maximum absolute atomic E-state index is 9.35. The Balaban J connectivity index is 2.23. The lowest BCUT2D eigenvalue weighted by atomic mass is 10.2. The molecule has 1 aliphatic rings. The molecule has 0 spiro atoms. The minimum absolute atomic E-state index is 0.0152. The van der Waals surface area contributed by atoms with Crippen molar-refractivity contribution in [3.63, 3.8) is 0 Å². The molecule has 5 nitrogen and oxygen atoms in total. The molecule has 0 unspecified atom stereocenters. The molecule has 0 aliphatic carbocycles. The highest BCUT2D eigenvalue weighted by Gasteiger charge is 2.32. The number of aromatic nitrogens is 1. The molecule has 0 bridgehead atoms. The van der Waals surface area contributed by atoms with E-state index in [9.17, 15) is 5.11 Å². The number of hydrogen-bond acceptors (Lipinski definition) is 5. The average Bonchev–Trinajstić information content (AvgIpc) is 2.82. The number of methoxy groups -OCH3 is 1. The number of ether oxygens (including phenoxy) is 1. The fourth-order valence-corrected chi connectivity index (χ4v) is 2.14. The summed E-state index contributed by atoms with van der Waals surface area (Å²) in [5, 5.41) is 18.2. The molecule has 2 rings (SSSR count). The van der Waals surface area contributed by atoms with Crippen LogP contribution in [0.1, 0.15) is 12.1 Å². The Morgan fingerprint density at radius 2 is 2.47 bits per heavy atom. The lowest BCUT2D eigenvalue weighted by molar-refractivity contribution is 0.115. The Bertz CT molecular complexity index is 430. The number of hydrogen-bond donors (Lipinski definition) is 1. The maximum Gasteiger partial charge on any atom is 0.142 e. The van der Waals surface area contributed by atoms with Gasteiger partial charge in [0.1, 0.15) is 17.6 Å². The van der Waals surface area contributed by atoms with Gasteiger partial charge in [-0.3, -0.25) is 0 Å². The number of nitriles is 1. The van der Waals surface area contributed by atoms with Gasteiger partial charge in [0.15, 0.2) is 0 Å². The van der Waals surface area contributed by atoms with Crippen LogP contribution in [0.3, 0.4) is 0 Å². The van der Waals surface area contributed by atoms with Crippen molar-refractivity contribution >= 4 is 5.82 Å². The van der Waals surface area contributed by atoms with Gasteiger partial charge in [-0.1, -0.05) is 6.07 Å². The molecule has 1 aromatic heterocycles. The second-order valence-electron chi connectivity index (χ2n) is 4.08.